The number of hydrogen-bond acceptors (Lipinski definition) is 4. The van der Waals surface area contributed by atoms with Crippen molar-refractivity contribution in [3.8, 4) is 0 Å². The smallest absolute Gasteiger partial charge is 0.410 e. The summed E-state index contributed by atoms with van der Waals surface area (Å²) >= 11 is 4.47. The summed E-state index contributed by atoms with van der Waals surface area (Å²) in [4.78, 5) is 14.3. The second-order valence-electron chi connectivity index (χ2n) is 2.10. The minimum atomic E-state index is -1.12. The van der Waals surface area contributed by atoms with Crippen LogP contribution in [0.15, 0.2) is 3.79 Å². The number of methoxy groups -OCH3 is 1. The van der Waals surface area contributed by atoms with Gasteiger partial charge in [0.2, 0.25) is 0 Å². The van der Waals surface area contributed by atoms with E-state index in [1.807, 2.05) is 0 Å². The van der Waals surface area contributed by atoms with Crippen molar-refractivity contribution in [3.63, 3.8) is 0 Å². The van der Waals surface area contributed by atoms with Crippen molar-refractivity contribution in [2.24, 2.45) is 0 Å². The summed E-state index contributed by atoms with van der Waals surface area (Å²) in [6.45, 7) is 0.360. The van der Waals surface area contributed by atoms with E-state index in [1.54, 1.807) is 7.11 Å². The number of carboxylic acid groups (broad SMARTS) is 1. The van der Waals surface area contributed by atoms with Crippen LogP contribution in [0.1, 0.15) is 5.69 Å². The Morgan fingerprint density at radius 2 is 2.54 bits per heavy atom. The minimum Gasteiger partial charge on any atom is -0.465 e. The molecular formula is C6H7BrN2O3S. The molecule has 0 bridgehead atoms. The van der Waals surface area contributed by atoms with Crippen molar-refractivity contribution in [3.05, 3.63) is 9.48 Å². The van der Waals surface area contributed by atoms with E-state index in [0.717, 1.165) is 3.79 Å². The Kier molecular flexibility index (Phi) is 3.64. The number of rotatable bonds is 3. The normalized spacial score (nSPS) is 10.0. The van der Waals surface area contributed by atoms with Crippen molar-refractivity contribution in [2.75, 3.05) is 12.4 Å². The van der Waals surface area contributed by atoms with Crippen LogP contribution in [0.3, 0.4) is 0 Å². The van der Waals surface area contributed by atoms with Crippen molar-refractivity contribution >= 4 is 38.5 Å². The molecule has 1 amide bonds. The third kappa shape index (κ3) is 2.94. The molecule has 0 atom stereocenters. The number of hydrogen-bond donors (Lipinski definition) is 2. The predicted molar refractivity (Wildman–Crippen MR) is 52.2 cm³/mol. The van der Waals surface area contributed by atoms with Crippen molar-refractivity contribution in [1.82, 2.24) is 4.98 Å². The molecule has 7 heteroatoms. The van der Waals surface area contributed by atoms with Crippen LogP contribution in [0.4, 0.5) is 9.93 Å². The summed E-state index contributed by atoms with van der Waals surface area (Å²) in [5.74, 6) is 0. The monoisotopic (exact) mass is 266 g/mol. The van der Waals surface area contributed by atoms with Gasteiger partial charge < -0.3 is 9.84 Å². The maximum atomic E-state index is 10.3. The number of thiazole rings is 1. The van der Waals surface area contributed by atoms with E-state index in [2.05, 4.69) is 26.2 Å². The molecule has 0 aromatic carbocycles. The lowest BCUT2D eigenvalue weighted by Crippen LogP contribution is -2.06. The fourth-order valence-electron chi connectivity index (χ4n) is 0.704. The molecule has 0 radical (unpaired) electrons. The van der Waals surface area contributed by atoms with E-state index in [0.29, 0.717) is 17.4 Å². The number of ether oxygens (including phenoxy) is 1. The zero-order valence-corrected chi connectivity index (χ0v) is 9.11. The van der Waals surface area contributed by atoms with Gasteiger partial charge in [-0.25, -0.2) is 9.78 Å². The molecular weight excluding hydrogens is 260 g/mol. The number of aromatic nitrogens is 1. The lowest BCUT2D eigenvalue weighted by atomic mass is 10.5. The van der Waals surface area contributed by atoms with E-state index in [-0.39, 0.29) is 0 Å². The van der Waals surface area contributed by atoms with Gasteiger partial charge >= 0.3 is 6.09 Å². The van der Waals surface area contributed by atoms with Crippen LogP contribution in [0, 0.1) is 0 Å². The average Bonchev–Trinajstić information content (AvgIpc) is 2.31. The van der Waals surface area contributed by atoms with Gasteiger partial charge in [-0.3, -0.25) is 5.32 Å². The summed E-state index contributed by atoms with van der Waals surface area (Å²) in [5.41, 5.74) is 0.691. The van der Waals surface area contributed by atoms with Gasteiger partial charge in [0.1, 0.15) is 0 Å². The molecule has 0 spiro atoms. The van der Waals surface area contributed by atoms with Crippen LogP contribution >= 0.6 is 27.3 Å². The van der Waals surface area contributed by atoms with Crippen LogP contribution < -0.4 is 5.32 Å². The second kappa shape index (κ2) is 4.54. The lowest BCUT2D eigenvalue weighted by Gasteiger charge is -1.93. The highest BCUT2D eigenvalue weighted by atomic mass is 79.9. The molecule has 0 saturated heterocycles. The number of nitrogens with zero attached hydrogens (tertiary/aromatic N) is 1. The zero-order valence-electron chi connectivity index (χ0n) is 6.70. The molecule has 5 nitrogen and oxygen atoms in total. The molecule has 72 valence electrons. The third-order valence-electron chi connectivity index (χ3n) is 1.14. The van der Waals surface area contributed by atoms with E-state index in [9.17, 15) is 4.79 Å². The Morgan fingerprint density at radius 3 is 3.08 bits per heavy atom. The van der Waals surface area contributed by atoms with Gasteiger partial charge in [0.15, 0.2) is 5.13 Å². The number of anilines is 1. The minimum absolute atomic E-state index is 0.339. The van der Waals surface area contributed by atoms with Crippen molar-refractivity contribution in [1.29, 1.82) is 0 Å². The van der Waals surface area contributed by atoms with Crippen LogP contribution in [-0.2, 0) is 11.3 Å². The molecule has 1 rings (SSSR count). The molecule has 1 aromatic heterocycles. The topological polar surface area (TPSA) is 71.5 Å². The van der Waals surface area contributed by atoms with Gasteiger partial charge in [-0.15, -0.1) is 0 Å². The summed E-state index contributed by atoms with van der Waals surface area (Å²) in [6.07, 6.45) is -1.12. The van der Waals surface area contributed by atoms with E-state index < -0.39 is 6.09 Å². The average molecular weight is 267 g/mol. The first kappa shape index (κ1) is 10.4. The molecule has 0 saturated carbocycles. The van der Waals surface area contributed by atoms with Gasteiger partial charge in [-0.05, 0) is 15.9 Å². The van der Waals surface area contributed by atoms with Crippen LogP contribution in [0.5, 0.6) is 0 Å². The molecule has 0 unspecified atom stereocenters. The first-order valence-corrected chi connectivity index (χ1v) is 4.88. The highest BCUT2D eigenvalue weighted by Gasteiger charge is 2.09. The number of carbonyl (C=O) groups is 1. The highest BCUT2D eigenvalue weighted by Crippen LogP contribution is 2.28. The van der Waals surface area contributed by atoms with Gasteiger partial charge in [0.25, 0.3) is 0 Å². The zero-order chi connectivity index (χ0) is 9.84. The van der Waals surface area contributed by atoms with Crippen LogP contribution in [-0.4, -0.2) is 23.3 Å². The summed E-state index contributed by atoms with van der Waals surface area (Å²) in [5, 5.41) is 10.9. The SMILES string of the molecule is COCc1nc(NC(=O)O)sc1Br. The van der Waals surface area contributed by atoms with Crippen LogP contribution in [0.25, 0.3) is 0 Å². The van der Waals surface area contributed by atoms with Gasteiger partial charge in [0.05, 0.1) is 16.1 Å². The second-order valence-corrected chi connectivity index (χ2v) is 4.42. The Bertz CT molecular complexity index is 315. The summed E-state index contributed by atoms with van der Waals surface area (Å²) in [6, 6.07) is 0. The Morgan fingerprint density at radius 1 is 1.85 bits per heavy atom. The number of halogens is 1. The molecule has 1 aromatic rings. The van der Waals surface area contributed by atoms with E-state index in [1.165, 1.54) is 11.3 Å². The number of amides is 1. The quantitative estimate of drug-likeness (QED) is 0.880. The first-order valence-electron chi connectivity index (χ1n) is 3.27. The van der Waals surface area contributed by atoms with Crippen molar-refractivity contribution < 1.29 is 14.6 Å². The standard InChI is InChI=1S/C6H7BrN2O3S/c1-12-2-3-4(7)13-5(8-3)9-6(10)11/h2H2,1H3,(H,8,9)(H,10,11). The van der Waals surface area contributed by atoms with Gasteiger partial charge in [-0.2, -0.15) is 0 Å². The highest BCUT2D eigenvalue weighted by molar-refractivity contribution is 9.11. The lowest BCUT2D eigenvalue weighted by molar-refractivity contribution is 0.181. The fraction of sp³-hybridized carbons (Fsp3) is 0.333. The Balaban J connectivity index is 2.76. The predicted octanol–water partition coefficient (Wildman–Crippen LogP) is 2.14. The van der Waals surface area contributed by atoms with E-state index >= 15 is 0 Å². The molecule has 0 aliphatic heterocycles. The summed E-state index contributed by atoms with van der Waals surface area (Å²) in [7, 11) is 1.55. The van der Waals surface area contributed by atoms with Crippen molar-refractivity contribution in [2.45, 2.75) is 6.61 Å². The Labute approximate surface area is 86.9 Å². The molecule has 1 heterocycles. The molecule has 13 heavy (non-hydrogen) atoms. The maximum absolute atomic E-state index is 10.3. The molecule has 0 aliphatic carbocycles. The summed E-state index contributed by atoms with van der Waals surface area (Å²) < 4.78 is 5.64. The molecule has 2 N–H and O–H groups in total. The third-order valence-corrected chi connectivity index (χ3v) is 2.89. The van der Waals surface area contributed by atoms with Gasteiger partial charge in [0, 0.05) is 7.11 Å². The largest absolute Gasteiger partial charge is 0.465 e. The number of nitrogens with one attached hydrogen (secondary N) is 1. The first-order chi connectivity index (χ1) is 6.13. The van der Waals surface area contributed by atoms with Gasteiger partial charge in [-0.1, -0.05) is 11.3 Å². The fourth-order valence-corrected chi connectivity index (χ4v) is 2.05. The Hall–Kier alpha value is -0.660. The molecule has 0 fully saturated rings. The molecule has 0 aliphatic rings. The van der Waals surface area contributed by atoms with Crippen LogP contribution in [0.2, 0.25) is 0 Å². The van der Waals surface area contributed by atoms with E-state index in [4.69, 9.17) is 9.84 Å². The maximum Gasteiger partial charge on any atom is 0.410 e.